The fourth-order valence-corrected chi connectivity index (χ4v) is 1.20. The first kappa shape index (κ1) is 12.4. The zero-order valence-electron chi connectivity index (χ0n) is 8.59. The third kappa shape index (κ3) is 2.90. The molecule has 1 aromatic rings. The Morgan fingerprint density at radius 3 is 2.56 bits per heavy atom. The molecule has 0 heterocycles. The van der Waals surface area contributed by atoms with Crippen molar-refractivity contribution in [2.45, 2.75) is 6.42 Å². The van der Waals surface area contributed by atoms with Gasteiger partial charge in [-0.3, -0.25) is 4.79 Å². The molecule has 6 heteroatoms. The third-order valence-corrected chi connectivity index (χ3v) is 2.02. The highest BCUT2D eigenvalue weighted by Gasteiger charge is 2.13. The van der Waals surface area contributed by atoms with Gasteiger partial charge < -0.3 is 16.8 Å². The van der Waals surface area contributed by atoms with E-state index in [9.17, 15) is 13.6 Å². The van der Waals surface area contributed by atoms with Gasteiger partial charge in [-0.25, -0.2) is 8.78 Å². The Hall–Kier alpha value is -1.69. The van der Waals surface area contributed by atoms with Crippen LogP contribution in [0.1, 0.15) is 16.8 Å². The van der Waals surface area contributed by atoms with Crippen LogP contribution in [0.15, 0.2) is 12.1 Å². The number of anilines is 1. The van der Waals surface area contributed by atoms with Crippen LogP contribution in [0.2, 0.25) is 0 Å². The van der Waals surface area contributed by atoms with Crippen LogP contribution in [0.3, 0.4) is 0 Å². The largest absolute Gasteiger partial charge is 0.383 e. The minimum absolute atomic E-state index is 0.0450. The highest BCUT2D eigenvalue weighted by atomic mass is 19.1. The van der Waals surface area contributed by atoms with Gasteiger partial charge in [-0.05, 0) is 19.0 Å². The molecular weight excluding hydrogens is 216 g/mol. The van der Waals surface area contributed by atoms with Crippen LogP contribution in [-0.4, -0.2) is 19.0 Å². The fourth-order valence-electron chi connectivity index (χ4n) is 1.20. The second kappa shape index (κ2) is 5.41. The van der Waals surface area contributed by atoms with Crippen molar-refractivity contribution in [3.8, 4) is 0 Å². The van der Waals surface area contributed by atoms with E-state index in [1.54, 1.807) is 0 Å². The summed E-state index contributed by atoms with van der Waals surface area (Å²) in [6.07, 6.45) is 0.642. The van der Waals surface area contributed by atoms with Gasteiger partial charge in [0.25, 0.3) is 5.91 Å². The molecule has 0 atom stereocenters. The van der Waals surface area contributed by atoms with Gasteiger partial charge in [-0.2, -0.15) is 0 Å². The van der Waals surface area contributed by atoms with Gasteiger partial charge in [0.15, 0.2) is 0 Å². The Bertz CT molecular complexity index is 396. The predicted octanol–water partition coefficient (Wildman–Crippen LogP) is 0.824. The van der Waals surface area contributed by atoms with E-state index < -0.39 is 17.5 Å². The smallest absolute Gasteiger partial charge is 0.251 e. The number of nitrogens with two attached hydrogens (primary N) is 2. The van der Waals surface area contributed by atoms with E-state index in [1.165, 1.54) is 0 Å². The number of benzene rings is 1. The van der Waals surface area contributed by atoms with Crippen molar-refractivity contribution >= 4 is 11.6 Å². The molecule has 5 N–H and O–H groups in total. The lowest BCUT2D eigenvalue weighted by Crippen LogP contribution is -2.15. The summed E-state index contributed by atoms with van der Waals surface area (Å²) in [4.78, 5) is 10.8. The summed E-state index contributed by atoms with van der Waals surface area (Å²) in [5.74, 6) is -2.66. The van der Waals surface area contributed by atoms with Crippen molar-refractivity contribution in [2.24, 2.45) is 11.5 Å². The van der Waals surface area contributed by atoms with Gasteiger partial charge in [-0.1, -0.05) is 0 Å². The van der Waals surface area contributed by atoms with Gasteiger partial charge in [-0.15, -0.1) is 0 Å². The van der Waals surface area contributed by atoms with E-state index in [1.807, 2.05) is 0 Å². The molecule has 1 amide bonds. The standard InChI is InChI=1S/C10H13F2N3O/c11-7-5-8(12)9(15-3-1-2-13)4-6(7)10(14)16/h4-5,15H,1-3,13H2,(H2,14,16). The number of amides is 1. The topological polar surface area (TPSA) is 81.1 Å². The molecule has 0 spiro atoms. The summed E-state index contributed by atoms with van der Waals surface area (Å²) in [5, 5.41) is 2.71. The van der Waals surface area contributed by atoms with Gasteiger partial charge in [0.05, 0.1) is 11.3 Å². The maximum Gasteiger partial charge on any atom is 0.251 e. The summed E-state index contributed by atoms with van der Waals surface area (Å²) in [6, 6.07) is 1.69. The second-order valence-electron chi connectivity index (χ2n) is 3.25. The zero-order valence-corrected chi connectivity index (χ0v) is 8.59. The van der Waals surface area contributed by atoms with E-state index in [2.05, 4.69) is 5.32 Å². The highest BCUT2D eigenvalue weighted by Crippen LogP contribution is 2.19. The summed E-state index contributed by atoms with van der Waals surface area (Å²) in [6.45, 7) is 0.899. The molecule has 0 fully saturated rings. The third-order valence-electron chi connectivity index (χ3n) is 2.02. The van der Waals surface area contributed by atoms with Crippen molar-refractivity contribution < 1.29 is 13.6 Å². The van der Waals surface area contributed by atoms with Crippen molar-refractivity contribution in [1.82, 2.24) is 0 Å². The van der Waals surface area contributed by atoms with Gasteiger partial charge in [0.2, 0.25) is 0 Å². The normalized spacial score (nSPS) is 10.2. The average Bonchev–Trinajstić information content (AvgIpc) is 2.21. The monoisotopic (exact) mass is 229 g/mol. The summed E-state index contributed by atoms with van der Waals surface area (Å²) in [5.41, 5.74) is 9.91. The maximum absolute atomic E-state index is 13.2. The van der Waals surface area contributed by atoms with E-state index in [-0.39, 0.29) is 11.3 Å². The van der Waals surface area contributed by atoms with Crippen LogP contribution in [0.25, 0.3) is 0 Å². The molecule has 0 saturated heterocycles. The zero-order chi connectivity index (χ0) is 12.1. The minimum Gasteiger partial charge on any atom is -0.383 e. The van der Waals surface area contributed by atoms with Crippen molar-refractivity contribution in [3.05, 3.63) is 29.3 Å². The molecule has 0 bridgehead atoms. The Balaban J connectivity index is 2.91. The molecule has 0 unspecified atom stereocenters. The van der Waals surface area contributed by atoms with Crippen LogP contribution in [0.4, 0.5) is 14.5 Å². The lowest BCUT2D eigenvalue weighted by molar-refractivity contribution is 0.0996. The van der Waals surface area contributed by atoms with E-state index in [0.29, 0.717) is 25.6 Å². The average molecular weight is 229 g/mol. The number of halogens is 2. The first-order valence-electron chi connectivity index (χ1n) is 4.79. The molecule has 0 aliphatic heterocycles. The quantitative estimate of drug-likeness (QED) is 0.654. The van der Waals surface area contributed by atoms with Crippen LogP contribution >= 0.6 is 0 Å². The number of hydrogen-bond acceptors (Lipinski definition) is 3. The van der Waals surface area contributed by atoms with Crippen molar-refractivity contribution in [2.75, 3.05) is 18.4 Å². The van der Waals surface area contributed by atoms with Crippen LogP contribution in [0, 0.1) is 11.6 Å². The number of rotatable bonds is 5. The Kier molecular flexibility index (Phi) is 4.19. The molecular formula is C10H13F2N3O. The molecule has 0 aliphatic carbocycles. The van der Waals surface area contributed by atoms with E-state index in [4.69, 9.17) is 11.5 Å². The van der Waals surface area contributed by atoms with Crippen LogP contribution < -0.4 is 16.8 Å². The molecule has 4 nitrogen and oxygen atoms in total. The van der Waals surface area contributed by atoms with Crippen LogP contribution in [0.5, 0.6) is 0 Å². The summed E-state index contributed by atoms with van der Waals surface area (Å²) < 4.78 is 26.3. The van der Waals surface area contributed by atoms with E-state index >= 15 is 0 Å². The number of primary amides is 1. The molecule has 16 heavy (non-hydrogen) atoms. The van der Waals surface area contributed by atoms with Crippen molar-refractivity contribution in [1.29, 1.82) is 0 Å². The summed E-state index contributed by atoms with van der Waals surface area (Å²) >= 11 is 0. The Morgan fingerprint density at radius 2 is 2.00 bits per heavy atom. The van der Waals surface area contributed by atoms with Crippen molar-refractivity contribution in [3.63, 3.8) is 0 Å². The Morgan fingerprint density at radius 1 is 1.31 bits per heavy atom. The summed E-state index contributed by atoms with van der Waals surface area (Å²) in [7, 11) is 0. The first-order valence-corrected chi connectivity index (χ1v) is 4.79. The lowest BCUT2D eigenvalue weighted by Gasteiger charge is -2.08. The van der Waals surface area contributed by atoms with Gasteiger partial charge in [0, 0.05) is 12.6 Å². The molecule has 1 rings (SSSR count). The highest BCUT2D eigenvalue weighted by molar-refractivity contribution is 5.94. The molecule has 1 aromatic carbocycles. The van der Waals surface area contributed by atoms with Crippen LogP contribution in [-0.2, 0) is 0 Å². The lowest BCUT2D eigenvalue weighted by atomic mass is 10.1. The number of nitrogens with one attached hydrogen (secondary N) is 1. The van der Waals surface area contributed by atoms with Gasteiger partial charge >= 0.3 is 0 Å². The fraction of sp³-hybridized carbons (Fsp3) is 0.300. The molecule has 0 aliphatic rings. The van der Waals surface area contributed by atoms with Gasteiger partial charge in [0.1, 0.15) is 11.6 Å². The molecule has 0 aromatic heterocycles. The molecule has 0 radical (unpaired) electrons. The SMILES string of the molecule is NCCCNc1cc(C(N)=O)c(F)cc1F. The molecule has 88 valence electrons. The number of hydrogen-bond donors (Lipinski definition) is 3. The number of carbonyl (C=O) groups excluding carboxylic acids is 1. The molecule has 0 saturated carbocycles. The van der Waals surface area contributed by atoms with E-state index in [0.717, 1.165) is 6.07 Å². The maximum atomic E-state index is 13.2. The second-order valence-corrected chi connectivity index (χ2v) is 3.25. The predicted molar refractivity (Wildman–Crippen MR) is 57.0 cm³/mol. The minimum atomic E-state index is -0.964. The Labute approximate surface area is 91.6 Å². The first-order chi connectivity index (χ1) is 7.56. The number of carbonyl (C=O) groups is 1.